The molecular formula is C25H26N2O6. The molecule has 0 aliphatic heterocycles. The van der Waals surface area contributed by atoms with Crippen molar-refractivity contribution < 1.29 is 28.3 Å². The molecule has 3 aromatic rings. The van der Waals surface area contributed by atoms with Gasteiger partial charge >= 0.3 is 5.97 Å². The number of esters is 1. The van der Waals surface area contributed by atoms with Crippen LogP contribution in [0.5, 0.6) is 5.75 Å². The topological polar surface area (TPSA) is 107 Å². The lowest BCUT2D eigenvalue weighted by atomic mass is 10.1. The number of carbonyl (C=O) groups is 3. The van der Waals surface area contributed by atoms with Gasteiger partial charge in [-0.1, -0.05) is 36.4 Å². The largest absolute Gasteiger partial charge is 0.486 e. The summed E-state index contributed by atoms with van der Waals surface area (Å²) in [4.78, 5) is 36.7. The van der Waals surface area contributed by atoms with E-state index in [0.29, 0.717) is 17.2 Å². The van der Waals surface area contributed by atoms with E-state index in [-0.39, 0.29) is 24.8 Å². The smallest absolute Gasteiger partial charge is 0.375 e. The van der Waals surface area contributed by atoms with Crippen molar-refractivity contribution >= 4 is 23.5 Å². The molecule has 2 N–H and O–H groups in total. The van der Waals surface area contributed by atoms with E-state index in [0.717, 1.165) is 11.1 Å². The SMILES string of the molecule is Cc1cccc(C)c1NC(=O)CNC(=O)C(C)OC(=O)c1ccc(COc2ccccc2)o1. The van der Waals surface area contributed by atoms with Crippen molar-refractivity contribution in [1.29, 1.82) is 0 Å². The molecule has 8 nitrogen and oxygen atoms in total. The normalized spacial score (nSPS) is 11.4. The fourth-order valence-corrected chi connectivity index (χ4v) is 3.01. The summed E-state index contributed by atoms with van der Waals surface area (Å²) in [5.41, 5.74) is 2.55. The van der Waals surface area contributed by atoms with E-state index in [9.17, 15) is 14.4 Å². The highest BCUT2D eigenvalue weighted by Gasteiger charge is 2.22. The maximum atomic E-state index is 12.3. The van der Waals surface area contributed by atoms with Crippen molar-refractivity contribution in [2.45, 2.75) is 33.5 Å². The quantitative estimate of drug-likeness (QED) is 0.481. The second-order valence-corrected chi connectivity index (χ2v) is 7.45. The van der Waals surface area contributed by atoms with E-state index < -0.39 is 18.0 Å². The summed E-state index contributed by atoms with van der Waals surface area (Å²) in [5.74, 6) is -0.707. The van der Waals surface area contributed by atoms with E-state index >= 15 is 0 Å². The molecule has 0 fully saturated rings. The molecule has 3 rings (SSSR count). The molecule has 1 heterocycles. The molecule has 172 valence electrons. The third-order valence-corrected chi connectivity index (χ3v) is 4.81. The van der Waals surface area contributed by atoms with Gasteiger partial charge in [0.2, 0.25) is 11.7 Å². The second kappa shape index (κ2) is 11.0. The lowest BCUT2D eigenvalue weighted by molar-refractivity contribution is -0.130. The minimum atomic E-state index is -1.11. The predicted molar refractivity (Wildman–Crippen MR) is 122 cm³/mol. The molecule has 1 atom stereocenters. The fraction of sp³-hybridized carbons (Fsp3) is 0.240. The molecule has 1 aromatic heterocycles. The average molecular weight is 450 g/mol. The number of nitrogens with one attached hydrogen (secondary N) is 2. The summed E-state index contributed by atoms with van der Waals surface area (Å²) in [5, 5.41) is 5.24. The maximum Gasteiger partial charge on any atom is 0.375 e. The number of anilines is 1. The van der Waals surface area contributed by atoms with Crippen LogP contribution in [0.2, 0.25) is 0 Å². The highest BCUT2D eigenvalue weighted by atomic mass is 16.6. The van der Waals surface area contributed by atoms with Crippen LogP contribution in [-0.4, -0.2) is 30.4 Å². The molecular weight excluding hydrogens is 424 g/mol. The molecule has 0 spiro atoms. The van der Waals surface area contributed by atoms with Gasteiger partial charge in [-0.25, -0.2) is 4.79 Å². The number of carbonyl (C=O) groups excluding carboxylic acids is 3. The number of para-hydroxylation sites is 2. The monoisotopic (exact) mass is 450 g/mol. The molecule has 1 unspecified atom stereocenters. The standard InChI is InChI=1S/C25H26N2O6/c1-16-8-7-9-17(2)23(16)27-22(28)14-26-24(29)18(3)32-25(30)21-13-12-20(33-21)15-31-19-10-5-4-6-11-19/h4-13,18H,14-15H2,1-3H3,(H,26,29)(H,27,28). The number of benzene rings is 2. The molecule has 2 amide bonds. The van der Waals surface area contributed by atoms with Gasteiger partial charge in [-0.2, -0.15) is 0 Å². The van der Waals surface area contributed by atoms with Crippen molar-refractivity contribution in [3.63, 3.8) is 0 Å². The number of hydrogen-bond donors (Lipinski definition) is 2. The Labute approximate surface area is 191 Å². The van der Waals surface area contributed by atoms with Crippen LogP contribution in [0, 0.1) is 13.8 Å². The van der Waals surface area contributed by atoms with Gasteiger partial charge in [0.05, 0.1) is 6.54 Å². The van der Waals surface area contributed by atoms with Gasteiger partial charge in [0, 0.05) is 5.69 Å². The summed E-state index contributed by atoms with van der Waals surface area (Å²) in [6, 6.07) is 17.9. The highest BCUT2D eigenvalue weighted by molar-refractivity contribution is 5.96. The minimum absolute atomic E-state index is 0.0471. The van der Waals surface area contributed by atoms with Crippen molar-refractivity contribution in [3.05, 3.63) is 83.3 Å². The first-order valence-electron chi connectivity index (χ1n) is 10.4. The van der Waals surface area contributed by atoms with Gasteiger partial charge in [0.1, 0.15) is 18.1 Å². The van der Waals surface area contributed by atoms with Crippen LogP contribution in [0.1, 0.15) is 34.4 Å². The van der Waals surface area contributed by atoms with Crippen LogP contribution in [0.4, 0.5) is 5.69 Å². The second-order valence-electron chi connectivity index (χ2n) is 7.45. The van der Waals surface area contributed by atoms with Gasteiger partial charge in [-0.3, -0.25) is 9.59 Å². The number of hydrogen-bond acceptors (Lipinski definition) is 6. The first kappa shape index (κ1) is 23.6. The fourth-order valence-electron chi connectivity index (χ4n) is 3.01. The molecule has 2 aromatic carbocycles. The summed E-state index contributed by atoms with van der Waals surface area (Å²) < 4.78 is 16.2. The Morgan fingerprint density at radius 3 is 2.33 bits per heavy atom. The highest BCUT2D eigenvalue weighted by Crippen LogP contribution is 2.19. The summed E-state index contributed by atoms with van der Waals surface area (Å²) >= 11 is 0. The molecule has 0 saturated heterocycles. The lowest BCUT2D eigenvalue weighted by Crippen LogP contribution is -2.40. The summed E-state index contributed by atoms with van der Waals surface area (Å²) in [6.07, 6.45) is -1.11. The van der Waals surface area contributed by atoms with E-state index in [2.05, 4.69) is 10.6 Å². The van der Waals surface area contributed by atoms with E-state index in [1.165, 1.54) is 13.0 Å². The molecule has 0 saturated carbocycles. The third-order valence-electron chi connectivity index (χ3n) is 4.81. The van der Waals surface area contributed by atoms with Crippen LogP contribution in [-0.2, 0) is 20.9 Å². The molecule has 0 aliphatic rings. The number of furan rings is 1. The molecule has 0 radical (unpaired) electrons. The number of ether oxygens (including phenoxy) is 2. The maximum absolute atomic E-state index is 12.3. The zero-order valence-corrected chi connectivity index (χ0v) is 18.7. The van der Waals surface area contributed by atoms with E-state index in [4.69, 9.17) is 13.9 Å². The predicted octanol–water partition coefficient (Wildman–Crippen LogP) is 3.78. The van der Waals surface area contributed by atoms with E-state index in [1.807, 2.05) is 50.2 Å². The number of rotatable bonds is 9. The Bertz CT molecular complexity index is 1100. The van der Waals surface area contributed by atoms with E-state index in [1.54, 1.807) is 18.2 Å². The minimum Gasteiger partial charge on any atom is -0.486 e. The first-order valence-corrected chi connectivity index (χ1v) is 10.4. The van der Waals surface area contributed by atoms with Crippen LogP contribution in [0.3, 0.4) is 0 Å². The number of amides is 2. The average Bonchev–Trinajstić information content (AvgIpc) is 3.28. The van der Waals surface area contributed by atoms with Crippen molar-refractivity contribution in [1.82, 2.24) is 5.32 Å². The Morgan fingerprint density at radius 2 is 1.64 bits per heavy atom. The zero-order chi connectivity index (χ0) is 23.8. The third kappa shape index (κ3) is 6.70. The van der Waals surface area contributed by atoms with Crippen molar-refractivity contribution in [3.8, 4) is 5.75 Å². The van der Waals surface area contributed by atoms with Gasteiger partial charge in [-0.05, 0) is 56.2 Å². The lowest BCUT2D eigenvalue weighted by Gasteiger charge is -2.14. The van der Waals surface area contributed by atoms with Gasteiger partial charge in [0.25, 0.3) is 5.91 Å². The van der Waals surface area contributed by atoms with Crippen LogP contribution < -0.4 is 15.4 Å². The number of aryl methyl sites for hydroxylation is 2. The Morgan fingerprint density at radius 1 is 0.939 bits per heavy atom. The molecule has 0 bridgehead atoms. The van der Waals surface area contributed by atoms with Gasteiger partial charge < -0.3 is 24.5 Å². The van der Waals surface area contributed by atoms with Crippen molar-refractivity contribution in [2.75, 3.05) is 11.9 Å². The zero-order valence-electron chi connectivity index (χ0n) is 18.7. The van der Waals surface area contributed by atoms with Gasteiger partial charge in [0.15, 0.2) is 6.10 Å². The summed E-state index contributed by atoms with van der Waals surface area (Å²) in [7, 11) is 0. The molecule has 8 heteroatoms. The molecule has 0 aliphatic carbocycles. The Kier molecular flexibility index (Phi) is 7.86. The van der Waals surface area contributed by atoms with Gasteiger partial charge in [-0.15, -0.1) is 0 Å². The van der Waals surface area contributed by atoms with Crippen LogP contribution in [0.15, 0.2) is 65.1 Å². The molecule has 33 heavy (non-hydrogen) atoms. The Balaban J connectivity index is 1.45. The van der Waals surface area contributed by atoms with Crippen LogP contribution >= 0.6 is 0 Å². The first-order chi connectivity index (χ1) is 15.8. The summed E-state index contributed by atoms with van der Waals surface area (Å²) in [6.45, 7) is 5.07. The van der Waals surface area contributed by atoms with Crippen molar-refractivity contribution in [2.24, 2.45) is 0 Å². The Hall–Kier alpha value is -4.07. The van der Waals surface area contributed by atoms with Crippen LogP contribution in [0.25, 0.3) is 0 Å².